The van der Waals surface area contributed by atoms with E-state index in [9.17, 15) is 8.42 Å². The number of hydrogen-bond donors (Lipinski definition) is 1. The summed E-state index contributed by atoms with van der Waals surface area (Å²) in [5, 5.41) is 0. The highest BCUT2D eigenvalue weighted by Gasteiger charge is 2.65. The van der Waals surface area contributed by atoms with Gasteiger partial charge in [-0.1, -0.05) is 20.8 Å². The molecule has 1 fully saturated rings. The minimum atomic E-state index is -3.27. The molecular weight excluding hydrogens is 274 g/mol. The predicted octanol–water partition coefficient (Wildman–Crippen LogP) is 2.51. The highest BCUT2D eigenvalue weighted by molar-refractivity contribution is 7.94. The van der Waals surface area contributed by atoms with Crippen molar-refractivity contribution < 1.29 is 13.2 Å². The topological polar surface area (TPSA) is 69.4 Å². The predicted molar refractivity (Wildman–Crippen MR) is 83.5 cm³/mol. The van der Waals surface area contributed by atoms with Crippen LogP contribution in [0.25, 0.3) is 0 Å². The second kappa shape index (κ2) is 4.96. The Labute approximate surface area is 124 Å². The Morgan fingerprint density at radius 1 is 1.00 bits per heavy atom. The molecule has 1 aliphatic rings. The molecule has 20 heavy (non-hydrogen) atoms. The standard InChI is InChI=1S/C15H31NO3S/c1-12(2,3)15(8-9-15)20(17,18)14(6,7)11-19-10-13(4,5)16/h8-11,16H2,1-7H3. The summed E-state index contributed by atoms with van der Waals surface area (Å²) in [6.45, 7) is 13.8. The van der Waals surface area contributed by atoms with Gasteiger partial charge in [-0.05, 0) is 46.0 Å². The summed E-state index contributed by atoms with van der Waals surface area (Å²) in [7, 11) is -3.27. The minimum absolute atomic E-state index is 0.188. The molecule has 0 aliphatic heterocycles. The number of nitrogens with two attached hydrogens (primary N) is 1. The van der Waals surface area contributed by atoms with Crippen molar-refractivity contribution in [3.63, 3.8) is 0 Å². The van der Waals surface area contributed by atoms with Crippen molar-refractivity contribution in [1.82, 2.24) is 0 Å². The van der Waals surface area contributed by atoms with Gasteiger partial charge in [-0.2, -0.15) is 0 Å². The maximum Gasteiger partial charge on any atom is 0.163 e. The molecule has 0 aromatic rings. The molecule has 0 aromatic carbocycles. The first-order valence-electron chi connectivity index (χ1n) is 7.27. The van der Waals surface area contributed by atoms with Gasteiger partial charge >= 0.3 is 0 Å². The first-order chi connectivity index (χ1) is 8.66. The van der Waals surface area contributed by atoms with Gasteiger partial charge in [0.15, 0.2) is 9.84 Å². The third-order valence-electron chi connectivity index (χ3n) is 4.24. The van der Waals surface area contributed by atoms with Crippen molar-refractivity contribution in [3.8, 4) is 0 Å². The average molecular weight is 305 g/mol. The zero-order chi connectivity index (χ0) is 16.0. The highest BCUT2D eigenvalue weighted by Crippen LogP contribution is 2.58. The SMILES string of the molecule is CC(C)(N)COCC(C)(C)S(=O)(=O)C1(C(C)(C)C)CC1. The Morgan fingerprint density at radius 2 is 1.45 bits per heavy atom. The quantitative estimate of drug-likeness (QED) is 0.818. The largest absolute Gasteiger partial charge is 0.378 e. The summed E-state index contributed by atoms with van der Waals surface area (Å²) in [4.78, 5) is 0. The van der Waals surface area contributed by atoms with Gasteiger partial charge in [0.05, 0.1) is 22.7 Å². The molecule has 0 spiro atoms. The number of sulfone groups is 1. The van der Waals surface area contributed by atoms with Gasteiger partial charge in [0.1, 0.15) is 0 Å². The summed E-state index contributed by atoms with van der Waals surface area (Å²) in [5.41, 5.74) is 5.18. The van der Waals surface area contributed by atoms with Gasteiger partial charge < -0.3 is 10.5 Å². The van der Waals surface area contributed by atoms with Crippen molar-refractivity contribution in [1.29, 1.82) is 0 Å². The summed E-state index contributed by atoms with van der Waals surface area (Å²) >= 11 is 0. The van der Waals surface area contributed by atoms with Crippen molar-refractivity contribution in [3.05, 3.63) is 0 Å². The van der Waals surface area contributed by atoms with Gasteiger partial charge in [-0.3, -0.25) is 0 Å². The van der Waals surface area contributed by atoms with Crippen LogP contribution in [0.1, 0.15) is 61.3 Å². The van der Waals surface area contributed by atoms with E-state index in [4.69, 9.17) is 10.5 Å². The zero-order valence-electron chi connectivity index (χ0n) is 14.0. The Morgan fingerprint density at radius 3 is 1.75 bits per heavy atom. The van der Waals surface area contributed by atoms with Crippen LogP contribution in [-0.2, 0) is 14.6 Å². The van der Waals surface area contributed by atoms with Crippen molar-refractivity contribution in [2.75, 3.05) is 13.2 Å². The van der Waals surface area contributed by atoms with Crippen LogP contribution >= 0.6 is 0 Å². The van der Waals surface area contributed by atoms with Crippen molar-refractivity contribution in [2.45, 2.75) is 76.3 Å². The number of ether oxygens (including phenoxy) is 1. The summed E-state index contributed by atoms with van der Waals surface area (Å²) in [5.74, 6) is 0. The normalized spacial score (nSPS) is 20.0. The van der Waals surface area contributed by atoms with Crippen LogP contribution in [0.4, 0.5) is 0 Å². The molecule has 0 radical (unpaired) electrons. The molecule has 4 nitrogen and oxygen atoms in total. The lowest BCUT2D eigenvalue weighted by Crippen LogP contribution is -2.50. The smallest absolute Gasteiger partial charge is 0.163 e. The number of rotatable bonds is 6. The van der Waals surface area contributed by atoms with Gasteiger partial charge in [-0.25, -0.2) is 8.42 Å². The van der Waals surface area contributed by atoms with E-state index < -0.39 is 24.9 Å². The highest BCUT2D eigenvalue weighted by atomic mass is 32.2. The van der Waals surface area contributed by atoms with Crippen LogP contribution in [0.2, 0.25) is 0 Å². The molecule has 0 unspecified atom stereocenters. The second-order valence-corrected chi connectivity index (χ2v) is 11.4. The van der Waals surface area contributed by atoms with Gasteiger partial charge in [0.2, 0.25) is 0 Å². The molecule has 2 N–H and O–H groups in total. The van der Waals surface area contributed by atoms with Gasteiger partial charge in [0, 0.05) is 5.54 Å². The van der Waals surface area contributed by atoms with E-state index in [1.54, 1.807) is 13.8 Å². The molecule has 0 amide bonds. The molecule has 1 rings (SSSR count). The Bertz CT molecular complexity index is 448. The average Bonchev–Trinajstić information content (AvgIpc) is 2.93. The monoisotopic (exact) mass is 305 g/mol. The van der Waals surface area contributed by atoms with Crippen molar-refractivity contribution >= 4 is 9.84 Å². The third-order valence-corrected chi connectivity index (χ3v) is 7.86. The van der Waals surface area contributed by atoms with E-state index in [0.717, 1.165) is 12.8 Å². The zero-order valence-corrected chi connectivity index (χ0v) is 14.9. The van der Waals surface area contributed by atoms with Crippen LogP contribution in [0.15, 0.2) is 0 Å². The molecule has 0 heterocycles. The lowest BCUT2D eigenvalue weighted by Gasteiger charge is -2.37. The maximum absolute atomic E-state index is 13.0. The fraction of sp³-hybridized carbons (Fsp3) is 1.00. The fourth-order valence-corrected chi connectivity index (χ4v) is 5.44. The van der Waals surface area contributed by atoms with Gasteiger partial charge in [-0.15, -0.1) is 0 Å². The molecule has 5 heteroatoms. The molecule has 1 saturated carbocycles. The maximum atomic E-state index is 13.0. The summed E-state index contributed by atoms with van der Waals surface area (Å²) in [6, 6.07) is 0. The first kappa shape index (κ1) is 17.9. The Kier molecular flexibility index (Phi) is 4.44. The molecule has 0 saturated heterocycles. The molecule has 0 aromatic heterocycles. The van der Waals surface area contributed by atoms with Crippen LogP contribution in [0, 0.1) is 5.41 Å². The van der Waals surface area contributed by atoms with Crippen molar-refractivity contribution in [2.24, 2.45) is 11.1 Å². The molecular formula is C15H31NO3S. The van der Waals surface area contributed by atoms with E-state index in [0.29, 0.717) is 6.61 Å². The van der Waals surface area contributed by atoms with E-state index in [-0.39, 0.29) is 12.0 Å². The lowest BCUT2D eigenvalue weighted by atomic mass is 9.89. The van der Waals surface area contributed by atoms with Gasteiger partial charge in [0.25, 0.3) is 0 Å². The number of hydrogen-bond acceptors (Lipinski definition) is 4. The summed E-state index contributed by atoms with van der Waals surface area (Å²) < 4.78 is 30.2. The van der Waals surface area contributed by atoms with Crippen LogP contribution in [0.3, 0.4) is 0 Å². The van der Waals surface area contributed by atoms with E-state index in [2.05, 4.69) is 0 Å². The molecule has 1 aliphatic carbocycles. The fourth-order valence-electron chi connectivity index (χ4n) is 2.70. The van der Waals surface area contributed by atoms with Crippen LogP contribution < -0.4 is 5.73 Å². The molecule has 0 atom stereocenters. The van der Waals surface area contributed by atoms with E-state index >= 15 is 0 Å². The summed E-state index contributed by atoms with van der Waals surface area (Å²) in [6.07, 6.45) is 1.51. The second-order valence-electron chi connectivity index (χ2n) is 8.49. The lowest BCUT2D eigenvalue weighted by molar-refractivity contribution is 0.0829. The van der Waals surface area contributed by atoms with Crippen LogP contribution in [0.5, 0.6) is 0 Å². The first-order valence-corrected chi connectivity index (χ1v) is 8.75. The Hall–Kier alpha value is -0.130. The molecule has 0 bridgehead atoms. The van der Waals surface area contributed by atoms with Crippen LogP contribution in [-0.4, -0.2) is 36.7 Å². The van der Waals surface area contributed by atoms with E-state index in [1.165, 1.54) is 0 Å². The minimum Gasteiger partial charge on any atom is -0.378 e. The Balaban J connectivity index is 2.87. The van der Waals surface area contributed by atoms with E-state index in [1.807, 2.05) is 34.6 Å². The third kappa shape index (κ3) is 3.20. The molecule has 120 valence electrons.